The molecule has 18 heavy (non-hydrogen) atoms. The molecular weight excluding hydrogens is 337 g/mol. The maximum absolute atomic E-state index is 12.2. The van der Waals surface area contributed by atoms with Crippen LogP contribution in [0.2, 0.25) is 0 Å². The molecule has 1 amide bonds. The predicted molar refractivity (Wildman–Crippen MR) is 82.7 cm³/mol. The van der Waals surface area contributed by atoms with Crippen molar-refractivity contribution in [1.82, 2.24) is 5.32 Å². The van der Waals surface area contributed by atoms with Crippen LogP contribution in [0, 0.1) is 9.49 Å². The van der Waals surface area contributed by atoms with E-state index in [-0.39, 0.29) is 11.9 Å². The Labute approximate surface area is 123 Å². The van der Waals surface area contributed by atoms with Gasteiger partial charge < -0.3 is 5.32 Å². The Kier molecular flexibility index (Phi) is 5.03. The van der Waals surface area contributed by atoms with Crippen molar-refractivity contribution in [3.8, 4) is 0 Å². The molecule has 1 aromatic carbocycles. The maximum Gasteiger partial charge on any atom is 0.252 e. The maximum atomic E-state index is 12.2. The molecule has 1 aliphatic rings. The summed E-state index contributed by atoms with van der Waals surface area (Å²) in [6.45, 7) is 2.14. The summed E-state index contributed by atoms with van der Waals surface area (Å²) >= 11 is 2.22. The monoisotopic (exact) mass is 357 g/mol. The van der Waals surface area contributed by atoms with Crippen LogP contribution < -0.4 is 5.32 Å². The second-order valence-electron chi connectivity index (χ2n) is 5.14. The van der Waals surface area contributed by atoms with Gasteiger partial charge in [-0.25, -0.2) is 0 Å². The molecule has 1 saturated carbocycles. The van der Waals surface area contributed by atoms with E-state index in [1.807, 2.05) is 24.3 Å². The molecule has 2 nitrogen and oxygen atoms in total. The van der Waals surface area contributed by atoms with E-state index in [0.717, 1.165) is 9.13 Å². The van der Waals surface area contributed by atoms with E-state index in [1.165, 1.54) is 32.1 Å². The Morgan fingerprint density at radius 2 is 1.94 bits per heavy atom. The average Bonchev–Trinajstić information content (AvgIpc) is 2.40. The highest BCUT2D eigenvalue weighted by molar-refractivity contribution is 14.1. The van der Waals surface area contributed by atoms with E-state index >= 15 is 0 Å². The summed E-state index contributed by atoms with van der Waals surface area (Å²) in [5.74, 6) is 0.724. The smallest absolute Gasteiger partial charge is 0.252 e. The van der Waals surface area contributed by atoms with Gasteiger partial charge >= 0.3 is 0 Å². The molecule has 0 radical (unpaired) electrons. The summed E-state index contributed by atoms with van der Waals surface area (Å²) in [5.41, 5.74) is 0.792. The van der Waals surface area contributed by atoms with Gasteiger partial charge in [-0.2, -0.15) is 0 Å². The topological polar surface area (TPSA) is 29.1 Å². The third-order valence-electron chi connectivity index (χ3n) is 3.83. The first-order valence-corrected chi connectivity index (χ1v) is 7.82. The van der Waals surface area contributed by atoms with Crippen molar-refractivity contribution in [2.24, 2.45) is 5.92 Å². The van der Waals surface area contributed by atoms with Crippen molar-refractivity contribution in [1.29, 1.82) is 0 Å². The van der Waals surface area contributed by atoms with E-state index in [4.69, 9.17) is 0 Å². The number of hydrogen-bond acceptors (Lipinski definition) is 1. The molecule has 1 unspecified atom stereocenters. The Morgan fingerprint density at radius 3 is 2.61 bits per heavy atom. The van der Waals surface area contributed by atoms with Crippen molar-refractivity contribution in [2.45, 2.75) is 45.1 Å². The molecule has 1 atom stereocenters. The van der Waals surface area contributed by atoms with Gasteiger partial charge in [0.1, 0.15) is 0 Å². The van der Waals surface area contributed by atoms with Gasteiger partial charge in [-0.15, -0.1) is 0 Å². The fourth-order valence-corrected chi connectivity index (χ4v) is 3.31. The van der Waals surface area contributed by atoms with E-state index < -0.39 is 0 Å². The summed E-state index contributed by atoms with van der Waals surface area (Å²) in [6, 6.07) is 8.03. The van der Waals surface area contributed by atoms with Crippen molar-refractivity contribution in [3.63, 3.8) is 0 Å². The summed E-state index contributed by atoms with van der Waals surface area (Å²) in [7, 11) is 0. The first-order chi connectivity index (χ1) is 8.68. The highest BCUT2D eigenvalue weighted by Gasteiger charge is 2.22. The molecule has 1 fully saturated rings. The summed E-state index contributed by atoms with van der Waals surface area (Å²) in [6.07, 6.45) is 6.50. The predicted octanol–water partition coefficient (Wildman–Crippen LogP) is 3.99. The number of nitrogens with one attached hydrogen (secondary N) is 1. The van der Waals surface area contributed by atoms with Crippen LogP contribution in [0.4, 0.5) is 0 Å². The van der Waals surface area contributed by atoms with Gasteiger partial charge in [0.05, 0.1) is 5.56 Å². The highest BCUT2D eigenvalue weighted by atomic mass is 127. The van der Waals surface area contributed by atoms with E-state index in [1.54, 1.807) is 0 Å². The van der Waals surface area contributed by atoms with E-state index in [9.17, 15) is 4.79 Å². The zero-order valence-electron chi connectivity index (χ0n) is 10.8. The molecule has 0 aliphatic heterocycles. The van der Waals surface area contributed by atoms with Crippen LogP contribution in [-0.2, 0) is 0 Å². The lowest BCUT2D eigenvalue weighted by Crippen LogP contribution is -2.39. The second kappa shape index (κ2) is 6.55. The minimum atomic E-state index is 0.0677. The van der Waals surface area contributed by atoms with Crippen LogP contribution in [0.25, 0.3) is 0 Å². The van der Waals surface area contributed by atoms with E-state index in [0.29, 0.717) is 5.92 Å². The van der Waals surface area contributed by atoms with Gasteiger partial charge in [0.15, 0.2) is 0 Å². The molecule has 0 bridgehead atoms. The van der Waals surface area contributed by atoms with Gasteiger partial charge in [-0.1, -0.05) is 31.4 Å². The number of carbonyl (C=O) groups is 1. The number of rotatable bonds is 3. The van der Waals surface area contributed by atoms with Crippen LogP contribution in [0.1, 0.15) is 49.4 Å². The molecular formula is C15H20INO. The van der Waals surface area contributed by atoms with Crippen LogP contribution in [-0.4, -0.2) is 11.9 Å². The summed E-state index contributed by atoms with van der Waals surface area (Å²) in [4.78, 5) is 12.2. The molecule has 1 aromatic rings. The third kappa shape index (κ3) is 3.46. The lowest BCUT2D eigenvalue weighted by Gasteiger charge is -2.28. The zero-order chi connectivity index (χ0) is 13.0. The van der Waals surface area contributed by atoms with Crippen LogP contribution in [0.3, 0.4) is 0 Å². The highest BCUT2D eigenvalue weighted by Crippen LogP contribution is 2.26. The Balaban J connectivity index is 1.96. The average molecular weight is 357 g/mol. The van der Waals surface area contributed by atoms with Gasteiger partial charge in [-0.05, 0) is 60.4 Å². The first kappa shape index (κ1) is 13.8. The van der Waals surface area contributed by atoms with Crippen molar-refractivity contribution < 1.29 is 4.79 Å². The van der Waals surface area contributed by atoms with Gasteiger partial charge in [-0.3, -0.25) is 4.79 Å². The van der Waals surface area contributed by atoms with Gasteiger partial charge in [0.25, 0.3) is 5.91 Å². The van der Waals surface area contributed by atoms with Crippen LogP contribution in [0.5, 0.6) is 0 Å². The summed E-state index contributed by atoms with van der Waals surface area (Å²) in [5, 5.41) is 3.16. The van der Waals surface area contributed by atoms with Crippen molar-refractivity contribution >= 4 is 28.5 Å². The minimum absolute atomic E-state index is 0.0677. The fraction of sp³-hybridized carbons (Fsp3) is 0.533. The third-order valence-corrected chi connectivity index (χ3v) is 4.77. The number of halogens is 1. The molecule has 0 spiro atoms. The normalized spacial score (nSPS) is 18.3. The van der Waals surface area contributed by atoms with Crippen LogP contribution in [0.15, 0.2) is 24.3 Å². The fourth-order valence-electron chi connectivity index (χ4n) is 2.68. The SMILES string of the molecule is CC(NC(=O)c1ccccc1I)C1CCCCC1. The lowest BCUT2D eigenvalue weighted by molar-refractivity contribution is 0.0918. The standard InChI is InChI=1S/C15H20INO/c1-11(12-7-3-2-4-8-12)17-15(18)13-9-5-6-10-14(13)16/h5-6,9-12H,2-4,7-8H2,1H3,(H,17,18). The van der Waals surface area contributed by atoms with Gasteiger partial charge in [0, 0.05) is 9.61 Å². The van der Waals surface area contributed by atoms with Crippen molar-refractivity contribution in [2.75, 3.05) is 0 Å². The lowest BCUT2D eigenvalue weighted by atomic mass is 9.84. The molecule has 1 aliphatic carbocycles. The largest absolute Gasteiger partial charge is 0.349 e. The quantitative estimate of drug-likeness (QED) is 0.815. The number of benzene rings is 1. The minimum Gasteiger partial charge on any atom is -0.349 e. The molecule has 0 saturated heterocycles. The molecule has 1 N–H and O–H groups in total. The second-order valence-corrected chi connectivity index (χ2v) is 6.30. The van der Waals surface area contributed by atoms with Crippen molar-refractivity contribution in [3.05, 3.63) is 33.4 Å². The molecule has 98 valence electrons. The molecule has 0 aromatic heterocycles. The number of hydrogen-bond donors (Lipinski definition) is 1. The Bertz CT molecular complexity index is 413. The van der Waals surface area contributed by atoms with E-state index in [2.05, 4.69) is 34.8 Å². The summed E-state index contributed by atoms with van der Waals surface area (Å²) < 4.78 is 1.02. The van der Waals surface area contributed by atoms with Crippen LogP contribution >= 0.6 is 22.6 Å². The Morgan fingerprint density at radius 1 is 1.28 bits per heavy atom. The molecule has 0 heterocycles. The number of carbonyl (C=O) groups excluding carboxylic acids is 1. The van der Waals surface area contributed by atoms with Gasteiger partial charge in [0.2, 0.25) is 0 Å². The molecule has 3 heteroatoms. The number of amides is 1. The Hall–Kier alpha value is -0.580. The first-order valence-electron chi connectivity index (χ1n) is 6.74. The molecule has 2 rings (SSSR count). The zero-order valence-corrected chi connectivity index (χ0v) is 12.9.